The number of aryl methyl sites for hydroxylation is 1. The van der Waals surface area contributed by atoms with E-state index in [4.69, 9.17) is 5.73 Å². The summed E-state index contributed by atoms with van der Waals surface area (Å²) in [5.74, 6) is 0.449. The number of amides is 2. The van der Waals surface area contributed by atoms with Gasteiger partial charge in [-0.3, -0.25) is 0 Å². The van der Waals surface area contributed by atoms with Gasteiger partial charge in [0, 0.05) is 6.04 Å². The Hall–Kier alpha value is -1.84. The molecule has 2 N–H and O–H groups in total. The summed E-state index contributed by atoms with van der Waals surface area (Å²) in [6, 6.07) is 10.1. The Balaban J connectivity index is 2.04. The van der Waals surface area contributed by atoms with Gasteiger partial charge in [0.05, 0.1) is 6.04 Å². The maximum absolute atomic E-state index is 11.7. The molecule has 0 aliphatic carbocycles. The first-order chi connectivity index (χ1) is 8.59. The van der Waals surface area contributed by atoms with E-state index in [0.717, 1.165) is 12.8 Å². The lowest BCUT2D eigenvalue weighted by Gasteiger charge is -2.27. The van der Waals surface area contributed by atoms with Crippen molar-refractivity contribution in [2.45, 2.75) is 38.8 Å². The Bertz CT molecular complexity index is 453. The highest BCUT2D eigenvalue weighted by Gasteiger charge is 2.34. The molecule has 1 aliphatic rings. The van der Waals surface area contributed by atoms with Gasteiger partial charge in [-0.05, 0) is 32.3 Å². The zero-order valence-corrected chi connectivity index (χ0v) is 10.8. The fraction of sp³-hybridized carbons (Fsp3) is 0.429. The Labute approximate surface area is 108 Å². The standard InChI is InChI=1S/C14H19N3O/c1-10(2)17-12(13(15)16-14(17)18)9-8-11-6-4-3-5-7-11/h3-7,10,12H,8-9H2,1-2H3,(H2,15,16,18). The van der Waals surface area contributed by atoms with Crippen LogP contribution in [-0.4, -0.2) is 28.9 Å². The van der Waals surface area contributed by atoms with Crippen LogP contribution in [0.3, 0.4) is 0 Å². The van der Waals surface area contributed by atoms with Gasteiger partial charge in [-0.2, -0.15) is 4.99 Å². The predicted molar refractivity (Wildman–Crippen MR) is 72.5 cm³/mol. The largest absolute Gasteiger partial charge is 0.385 e. The van der Waals surface area contributed by atoms with E-state index < -0.39 is 0 Å². The van der Waals surface area contributed by atoms with E-state index in [0.29, 0.717) is 5.84 Å². The van der Waals surface area contributed by atoms with Crippen molar-refractivity contribution in [3.8, 4) is 0 Å². The summed E-state index contributed by atoms with van der Waals surface area (Å²) >= 11 is 0. The first-order valence-corrected chi connectivity index (χ1v) is 6.30. The molecule has 4 nitrogen and oxygen atoms in total. The summed E-state index contributed by atoms with van der Waals surface area (Å²) in [4.78, 5) is 17.3. The Morgan fingerprint density at radius 3 is 2.61 bits per heavy atom. The first kappa shape index (κ1) is 12.6. The van der Waals surface area contributed by atoms with Gasteiger partial charge in [0.1, 0.15) is 5.84 Å². The molecule has 0 saturated carbocycles. The molecule has 0 fully saturated rings. The fourth-order valence-electron chi connectivity index (χ4n) is 2.33. The van der Waals surface area contributed by atoms with Gasteiger partial charge in [0.25, 0.3) is 0 Å². The second kappa shape index (κ2) is 5.21. The molecule has 0 bridgehead atoms. The maximum atomic E-state index is 11.7. The predicted octanol–water partition coefficient (Wildman–Crippen LogP) is 2.19. The van der Waals surface area contributed by atoms with Crippen molar-refractivity contribution in [2.24, 2.45) is 10.7 Å². The molecule has 96 valence electrons. The molecule has 4 heteroatoms. The third-order valence-electron chi connectivity index (χ3n) is 3.23. The Morgan fingerprint density at radius 2 is 2.00 bits per heavy atom. The quantitative estimate of drug-likeness (QED) is 0.884. The molecule has 18 heavy (non-hydrogen) atoms. The van der Waals surface area contributed by atoms with Crippen molar-refractivity contribution >= 4 is 11.9 Å². The number of nitrogens with two attached hydrogens (primary N) is 1. The minimum absolute atomic E-state index is 0.0577. The lowest BCUT2D eigenvalue weighted by molar-refractivity contribution is 0.187. The number of amidine groups is 1. The molecule has 0 spiro atoms. The number of benzene rings is 1. The molecule has 0 saturated heterocycles. The van der Waals surface area contributed by atoms with E-state index in [2.05, 4.69) is 17.1 Å². The van der Waals surface area contributed by atoms with Crippen LogP contribution in [0.15, 0.2) is 35.3 Å². The van der Waals surface area contributed by atoms with E-state index in [-0.39, 0.29) is 18.1 Å². The molecule has 2 rings (SSSR count). The summed E-state index contributed by atoms with van der Waals surface area (Å²) in [6.07, 6.45) is 1.72. The molecule has 1 unspecified atom stereocenters. The average molecular weight is 245 g/mol. The summed E-state index contributed by atoms with van der Waals surface area (Å²) in [6.45, 7) is 3.98. The monoisotopic (exact) mass is 245 g/mol. The van der Waals surface area contributed by atoms with Crippen molar-refractivity contribution < 1.29 is 4.79 Å². The molecule has 2 amide bonds. The van der Waals surface area contributed by atoms with Gasteiger partial charge in [-0.1, -0.05) is 30.3 Å². The van der Waals surface area contributed by atoms with Crippen molar-refractivity contribution in [3.63, 3.8) is 0 Å². The number of carbonyl (C=O) groups is 1. The molecule has 1 aromatic rings. The highest BCUT2D eigenvalue weighted by atomic mass is 16.2. The van der Waals surface area contributed by atoms with Crippen LogP contribution < -0.4 is 5.73 Å². The lowest BCUT2D eigenvalue weighted by atomic mass is 10.0. The highest BCUT2D eigenvalue weighted by Crippen LogP contribution is 2.19. The molecule has 1 atom stereocenters. The third kappa shape index (κ3) is 2.53. The van der Waals surface area contributed by atoms with Gasteiger partial charge in [-0.25, -0.2) is 4.79 Å². The van der Waals surface area contributed by atoms with Crippen LogP contribution >= 0.6 is 0 Å². The number of hydrogen-bond acceptors (Lipinski definition) is 2. The van der Waals surface area contributed by atoms with Gasteiger partial charge in [-0.15, -0.1) is 0 Å². The molecule has 1 heterocycles. The lowest BCUT2D eigenvalue weighted by Crippen LogP contribution is -2.44. The second-order valence-corrected chi connectivity index (χ2v) is 4.86. The zero-order valence-electron chi connectivity index (χ0n) is 10.8. The number of carbonyl (C=O) groups excluding carboxylic acids is 1. The van der Waals surface area contributed by atoms with Crippen LogP contribution in [0.2, 0.25) is 0 Å². The Kier molecular flexibility index (Phi) is 3.65. The third-order valence-corrected chi connectivity index (χ3v) is 3.23. The van der Waals surface area contributed by atoms with Crippen LogP contribution in [0.1, 0.15) is 25.8 Å². The highest BCUT2D eigenvalue weighted by molar-refractivity contribution is 6.02. The Morgan fingerprint density at radius 1 is 1.33 bits per heavy atom. The van der Waals surface area contributed by atoms with Crippen molar-refractivity contribution in [3.05, 3.63) is 35.9 Å². The average Bonchev–Trinajstić information content (AvgIpc) is 2.62. The van der Waals surface area contributed by atoms with E-state index in [1.165, 1.54) is 5.56 Å². The van der Waals surface area contributed by atoms with Gasteiger partial charge in [0.2, 0.25) is 0 Å². The van der Waals surface area contributed by atoms with E-state index in [1.54, 1.807) is 4.90 Å². The summed E-state index contributed by atoms with van der Waals surface area (Å²) < 4.78 is 0. The van der Waals surface area contributed by atoms with E-state index in [9.17, 15) is 4.79 Å². The minimum Gasteiger partial charge on any atom is -0.385 e. The molecular formula is C14H19N3O. The summed E-state index contributed by atoms with van der Waals surface area (Å²) in [7, 11) is 0. The van der Waals surface area contributed by atoms with Crippen molar-refractivity contribution in [1.82, 2.24) is 4.90 Å². The topological polar surface area (TPSA) is 58.7 Å². The number of urea groups is 1. The summed E-state index contributed by atoms with van der Waals surface area (Å²) in [5, 5.41) is 0. The molecule has 0 radical (unpaired) electrons. The van der Waals surface area contributed by atoms with Crippen molar-refractivity contribution in [2.75, 3.05) is 0 Å². The van der Waals surface area contributed by atoms with E-state index in [1.807, 2.05) is 32.0 Å². The van der Waals surface area contributed by atoms with Gasteiger partial charge >= 0.3 is 6.03 Å². The van der Waals surface area contributed by atoms with Gasteiger partial charge < -0.3 is 10.6 Å². The van der Waals surface area contributed by atoms with Crippen molar-refractivity contribution in [1.29, 1.82) is 0 Å². The number of rotatable bonds is 4. The number of nitrogens with zero attached hydrogens (tertiary/aromatic N) is 2. The van der Waals surface area contributed by atoms with Crippen LogP contribution in [-0.2, 0) is 6.42 Å². The first-order valence-electron chi connectivity index (χ1n) is 6.30. The SMILES string of the molecule is CC(C)N1C(=O)N=C(N)C1CCc1ccccc1. The van der Waals surface area contributed by atoms with Crippen LogP contribution in [0.25, 0.3) is 0 Å². The molecule has 1 aromatic carbocycles. The number of hydrogen-bond donors (Lipinski definition) is 1. The second-order valence-electron chi connectivity index (χ2n) is 4.86. The normalized spacial score (nSPS) is 19.5. The minimum atomic E-state index is -0.208. The zero-order chi connectivity index (χ0) is 13.1. The maximum Gasteiger partial charge on any atom is 0.346 e. The fourth-order valence-corrected chi connectivity index (χ4v) is 2.33. The molecular weight excluding hydrogens is 226 g/mol. The van der Waals surface area contributed by atoms with Crippen LogP contribution in [0.5, 0.6) is 0 Å². The summed E-state index contributed by atoms with van der Waals surface area (Å²) in [5.41, 5.74) is 7.11. The van der Waals surface area contributed by atoms with Crippen LogP contribution in [0, 0.1) is 0 Å². The molecule has 0 aromatic heterocycles. The van der Waals surface area contributed by atoms with Gasteiger partial charge in [0.15, 0.2) is 0 Å². The van der Waals surface area contributed by atoms with Crippen LogP contribution in [0.4, 0.5) is 4.79 Å². The number of aliphatic imine (C=N–C) groups is 1. The molecule has 1 aliphatic heterocycles. The smallest absolute Gasteiger partial charge is 0.346 e. The van der Waals surface area contributed by atoms with E-state index >= 15 is 0 Å².